The van der Waals surface area contributed by atoms with Crippen LogP contribution in [-0.4, -0.2) is 59.6 Å². The Balaban J connectivity index is 2.10. The van der Waals surface area contributed by atoms with E-state index in [2.05, 4.69) is 15.3 Å². The molecule has 5 N–H and O–H groups in total. The topological polar surface area (TPSA) is 143 Å². The monoisotopic (exact) mass is 550 g/mol. The van der Waals surface area contributed by atoms with Crippen LogP contribution in [0.5, 0.6) is 0 Å². The van der Waals surface area contributed by atoms with Gasteiger partial charge < -0.3 is 21.7 Å². The highest BCUT2D eigenvalue weighted by atomic mass is 35.5. The molecule has 0 fully saturated rings. The maximum absolute atomic E-state index is 12.8. The van der Waals surface area contributed by atoms with E-state index in [4.69, 9.17) is 34.7 Å². The van der Waals surface area contributed by atoms with Gasteiger partial charge in [-0.2, -0.15) is 9.98 Å². The minimum atomic E-state index is -1.07. The van der Waals surface area contributed by atoms with E-state index >= 15 is 0 Å². The number of rotatable bonds is 8. The van der Waals surface area contributed by atoms with Crippen molar-refractivity contribution in [2.24, 2.45) is 21.5 Å². The van der Waals surface area contributed by atoms with E-state index in [9.17, 15) is 14.4 Å². The van der Waals surface area contributed by atoms with Crippen molar-refractivity contribution in [2.45, 2.75) is 25.8 Å². The minimum Gasteiger partial charge on any atom is -0.369 e. The molecule has 0 aliphatic rings. The van der Waals surface area contributed by atoms with Crippen LogP contribution in [0, 0.1) is 0 Å². The molecule has 0 aromatic heterocycles. The highest BCUT2D eigenvalue weighted by Gasteiger charge is 2.22. The lowest BCUT2D eigenvalue weighted by Gasteiger charge is -2.15. The third-order valence-electron chi connectivity index (χ3n) is 4.88. The number of hydrogen-bond acceptors (Lipinski definition) is 4. The zero-order valence-corrected chi connectivity index (χ0v) is 22.5. The third-order valence-corrected chi connectivity index (χ3v) is 6.56. The molecule has 12 heteroatoms. The Labute approximate surface area is 224 Å². The Hall–Kier alpha value is -3.08. The van der Waals surface area contributed by atoms with E-state index < -0.39 is 17.9 Å². The Morgan fingerprint density at radius 2 is 1.61 bits per heavy atom. The number of amides is 2. The Bertz CT molecular complexity index is 1170. The number of halogens is 2. The van der Waals surface area contributed by atoms with Crippen molar-refractivity contribution >= 4 is 63.8 Å². The largest absolute Gasteiger partial charge is 0.369 e. The number of hydrogen-bond donors (Lipinski definition) is 3. The van der Waals surface area contributed by atoms with Gasteiger partial charge in [0.15, 0.2) is 11.1 Å². The summed E-state index contributed by atoms with van der Waals surface area (Å²) in [5.41, 5.74) is 13.8. The summed E-state index contributed by atoms with van der Waals surface area (Å²) in [7, 11) is 3.30. The van der Waals surface area contributed by atoms with Gasteiger partial charge in [-0.15, -0.1) is 0 Å². The third kappa shape index (κ3) is 9.18. The number of nitrogens with one attached hydrogen (secondary N) is 1. The van der Waals surface area contributed by atoms with Crippen LogP contribution in [0.25, 0.3) is 0 Å². The normalized spacial score (nSPS) is 12.7. The second-order valence-corrected chi connectivity index (χ2v) is 9.82. The molecule has 0 radical (unpaired) electrons. The summed E-state index contributed by atoms with van der Waals surface area (Å²) in [4.78, 5) is 46.0. The average Bonchev–Trinajstić information content (AvgIpc) is 2.79. The Morgan fingerprint density at radius 1 is 1.00 bits per heavy atom. The van der Waals surface area contributed by atoms with Gasteiger partial charge in [0.1, 0.15) is 6.04 Å². The summed E-state index contributed by atoms with van der Waals surface area (Å²) in [6, 6.07) is 11.7. The van der Waals surface area contributed by atoms with Gasteiger partial charge in [-0.05, 0) is 28.8 Å². The Kier molecular flexibility index (Phi) is 11.2. The predicted octanol–water partition coefficient (Wildman–Crippen LogP) is 2.61. The van der Waals surface area contributed by atoms with Gasteiger partial charge >= 0.3 is 0 Å². The highest BCUT2D eigenvalue weighted by Crippen LogP contribution is 2.28. The molecule has 2 amide bonds. The lowest BCUT2D eigenvalue weighted by atomic mass is 9.98. The maximum atomic E-state index is 12.8. The van der Waals surface area contributed by atoms with Gasteiger partial charge in [0.2, 0.25) is 11.9 Å². The number of nitrogens with two attached hydrogens (primary N) is 2. The lowest BCUT2D eigenvalue weighted by molar-refractivity contribution is -0.125. The van der Waals surface area contributed by atoms with E-state index in [0.717, 1.165) is 28.5 Å². The molecule has 2 aromatic rings. The zero-order valence-electron chi connectivity index (χ0n) is 20.1. The molecule has 0 spiro atoms. The van der Waals surface area contributed by atoms with E-state index in [-0.39, 0.29) is 29.2 Å². The van der Waals surface area contributed by atoms with Crippen molar-refractivity contribution in [3.63, 3.8) is 0 Å². The molecule has 2 aromatic carbocycles. The first-order valence-corrected chi connectivity index (χ1v) is 12.5. The summed E-state index contributed by atoms with van der Waals surface area (Å²) >= 11 is 13.5. The molecular weight excluding hydrogens is 523 g/mol. The lowest BCUT2D eigenvalue weighted by Crippen LogP contribution is -2.42. The smallest absolute Gasteiger partial charge is 0.272 e. The van der Waals surface area contributed by atoms with Crippen molar-refractivity contribution in [1.82, 2.24) is 10.2 Å². The minimum absolute atomic E-state index is 0.0284. The molecule has 0 aliphatic carbocycles. The number of nitrogens with zero attached hydrogens (tertiary/aromatic N) is 3. The van der Waals surface area contributed by atoms with Crippen LogP contribution in [0.15, 0.2) is 52.4 Å². The molecule has 0 aliphatic heterocycles. The van der Waals surface area contributed by atoms with E-state index in [1.165, 1.54) is 11.8 Å². The van der Waals surface area contributed by atoms with Gasteiger partial charge in [0, 0.05) is 49.7 Å². The van der Waals surface area contributed by atoms with Crippen LogP contribution in [0.2, 0.25) is 10.0 Å². The van der Waals surface area contributed by atoms with Crippen LogP contribution < -0.4 is 16.8 Å². The van der Waals surface area contributed by atoms with Gasteiger partial charge in [-0.25, -0.2) is 0 Å². The summed E-state index contributed by atoms with van der Waals surface area (Å²) < 4.78 is 0. The summed E-state index contributed by atoms with van der Waals surface area (Å²) in [6.07, 6.45) is 0.573. The molecule has 1 unspecified atom stereocenters. The number of thioether (sulfide) groups is 1. The molecule has 192 valence electrons. The molecule has 0 heterocycles. The first kappa shape index (κ1) is 29.2. The van der Waals surface area contributed by atoms with Gasteiger partial charge in [-0.1, -0.05) is 65.3 Å². The first-order chi connectivity index (χ1) is 17.0. The van der Waals surface area contributed by atoms with Crippen LogP contribution in [-0.2, 0) is 27.2 Å². The van der Waals surface area contributed by atoms with Gasteiger partial charge in [0.25, 0.3) is 5.91 Å². The van der Waals surface area contributed by atoms with Crippen molar-refractivity contribution < 1.29 is 14.4 Å². The molecule has 36 heavy (non-hydrogen) atoms. The number of guanidine groups is 2. The average molecular weight is 552 g/mol. The molecule has 0 saturated carbocycles. The predicted molar refractivity (Wildman–Crippen MR) is 146 cm³/mol. The molecule has 9 nitrogen and oxygen atoms in total. The fourth-order valence-corrected chi connectivity index (χ4v) is 4.40. The molecule has 1 atom stereocenters. The van der Waals surface area contributed by atoms with Crippen molar-refractivity contribution in [3.8, 4) is 0 Å². The van der Waals surface area contributed by atoms with E-state index in [0.29, 0.717) is 16.5 Å². The molecule has 0 saturated heterocycles. The second-order valence-electron chi connectivity index (χ2n) is 7.93. The van der Waals surface area contributed by atoms with Gasteiger partial charge in [0.05, 0.1) is 0 Å². The van der Waals surface area contributed by atoms with Crippen LogP contribution >= 0.6 is 35.0 Å². The SMILES string of the molecule is CC(=O)NC(CSC(=O)Cc1ccccc1Cc1c(Cl)cccc1Cl)C(=O)N=C(N)N=C(N)N(C)C. The fraction of sp³-hybridized carbons (Fsp3) is 0.292. The van der Waals surface area contributed by atoms with Crippen molar-refractivity contribution in [3.05, 3.63) is 69.2 Å². The fourth-order valence-electron chi connectivity index (χ4n) is 3.03. The first-order valence-electron chi connectivity index (χ1n) is 10.8. The Morgan fingerprint density at radius 3 is 2.19 bits per heavy atom. The number of benzene rings is 2. The van der Waals surface area contributed by atoms with E-state index in [1.54, 1.807) is 32.3 Å². The summed E-state index contributed by atoms with van der Waals surface area (Å²) in [5.74, 6) is -1.52. The van der Waals surface area contributed by atoms with Gasteiger partial charge in [-0.3, -0.25) is 14.4 Å². The van der Waals surface area contributed by atoms with E-state index in [1.807, 2.05) is 24.3 Å². The zero-order chi connectivity index (χ0) is 26.8. The number of aliphatic imine (C=N–C) groups is 2. The second kappa shape index (κ2) is 13.9. The van der Waals surface area contributed by atoms with Crippen LogP contribution in [0.3, 0.4) is 0 Å². The maximum Gasteiger partial charge on any atom is 0.272 e. The standard InChI is InChI=1S/C24H28Cl2N6O3S/c1-14(33)29-20(22(35)30-23(27)31-24(28)32(2)3)13-36-21(34)12-16-8-5-4-7-15(16)11-17-18(25)9-6-10-19(17)26/h4-10,20H,11-13H2,1-3H3,(H,29,33)(H4,27,28,30,31,35). The summed E-state index contributed by atoms with van der Waals surface area (Å²) in [6.45, 7) is 1.26. The van der Waals surface area contributed by atoms with Crippen LogP contribution in [0.4, 0.5) is 0 Å². The van der Waals surface area contributed by atoms with Crippen LogP contribution in [0.1, 0.15) is 23.6 Å². The van der Waals surface area contributed by atoms with Crippen molar-refractivity contribution in [2.75, 3.05) is 19.8 Å². The molecule has 2 rings (SSSR count). The molecule has 0 bridgehead atoms. The number of carbonyl (C=O) groups is 3. The molecular formula is C24H28Cl2N6O3S. The summed E-state index contributed by atoms with van der Waals surface area (Å²) in [5, 5.41) is 3.40. The highest BCUT2D eigenvalue weighted by molar-refractivity contribution is 8.13. The van der Waals surface area contributed by atoms with Crippen molar-refractivity contribution in [1.29, 1.82) is 0 Å². The number of carbonyl (C=O) groups excluding carboxylic acids is 3. The quantitative estimate of drug-likeness (QED) is 0.338.